The van der Waals surface area contributed by atoms with Gasteiger partial charge in [0.2, 0.25) is 5.91 Å². The lowest BCUT2D eigenvalue weighted by atomic mass is 9.69. The Morgan fingerprint density at radius 2 is 1.88 bits per heavy atom. The molecule has 1 atom stereocenters. The van der Waals surface area contributed by atoms with Crippen LogP contribution >= 0.6 is 0 Å². The molecule has 1 saturated carbocycles. The summed E-state index contributed by atoms with van der Waals surface area (Å²) in [6.07, 6.45) is -1.13. The number of anilines is 1. The van der Waals surface area contributed by atoms with E-state index in [-0.39, 0.29) is 17.7 Å². The fourth-order valence-electron chi connectivity index (χ4n) is 3.63. The molecule has 2 fully saturated rings. The Bertz CT molecular complexity index is 653. The Balaban J connectivity index is 1.85. The Kier molecular flexibility index (Phi) is 4.05. The van der Waals surface area contributed by atoms with Gasteiger partial charge in [-0.2, -0.15) is 13.2 Å². The molecule has 0 spiro atoms. The van der Waals surface area contributed by atoms with Crippen LogP contribution in [0.2, 0.25) is 0 Å². The number of halogens is 3. The number of amides is 2. The lowest BCUT2D eigenvalue weighted by Gasteiger charge is -2.41. The molecule has 1 aromatic carbocycles. The standard InChI is InChI=1S/C17H19F3N2O2/c1-11(23)21-16(12-3-2-4-12)9-10-22(15(16)24)14-7-5-13(6-8-14)17(18,19)20/h5-8,12H,2-4,9-10H2,1H3,(H,21,23). The van der Waals surface area contributed by atoms with E-state index in [4.69, 9.17) is 0 Å². The number of carbonyl (C=O) groups is 2. The van der Waals surface area contributed by atoms with Crippen molar-refractivity contribution in [2.24, 2.45) is 5.92 Å². The summed E-state index contributed by atoms with van der Waals surface area (Å²) >= 11 is 0. The lowest BCUT2D eigenvalue weighted by Crippen LogP contribution is -2.60. The number of alkyl halides is 3. The van der Waals surface area contributed by atoms with Gasteiger partial charge in [0.25, 0.3) is 5.91 Å². The monoisotopic (exact) mass is 340 g/mol. The summed E-state index contributed by atoms with van der Waals surface area (Å²) in [6.45, 7) is 1.77. The number of hydrogen-bond acceptors (Lipinski definition) is 2. The molecule has 4 nitrogen and oxygen atoms in total. The first-order valence-corrected chi connectivity index (χ1v) is 8.02. The molecule has 24 heavy (non-hydrogen) atoms. The quantitative estimate of drug-likeness (QED) is 0.919. The van der Waals surface area contributed by atoms with E-state index >= 15 is 0 Å². The Labute approximate surface area is 138 Å². The van der Waals surface area contributed by atoms with E-state index in [0.29, 0.717) is 18.7 Å². The number of nitrogens with one attached hydrogen (secondary N) is 1. The van der Waals surface area contributed by atoms with Gasteiger partial charge < -0.3 is 10.2 Å². The zero-order valence-electron chi connectivity index (χ0n) is 13.3. The summed E-state index contributed by atoms with van der Waals surface area (Å²) in [5.41, 5.74) is -1.23. The minimum absolute atomic E-state index is 0.105. The maximum absolute atomic E-state index is 13.0. The van der Waals surface area contributed by atoms with Crippen molar-refractivity contribution >= 4 is 17.5 Å². The molecule has 1 N–H and O–H groups in total. The van der Waals surface area contributed by atoms with Crippen molar-refractivity contribution < 1.29 is 22.8 Å². The summed E-state index contributed by atoms with van der Waals surface area (Å²) in [6, 6.07) is 4.57. The van der Waals surface area contributed by atoms with Crippen molar-refractivity contribution in [2.75, 3.05) is 11.4 Å². The molecule has 0 radical (unpaired) electrons. The van der Waals surface area contributed by atoms with Crippen LogP contribution in [0.15, 0.2) is 24.3 Å². The topological polar surface area (TPSA) is 49.4 Å². The molecule has 3 rings (SSSR count). The first kappa shape index (κ1) is 16.8. The van der Waals surface area contributed by atoms with Crippen LogP contribution in [0.4, 0.5) is 18.9 Å². The summed E-state index contributed by atoms with van der Waals surface area (Å²) in [5.74, 6) is -0.375. The van der Waals surface area contributed by atoms with Crippen molar-refractivity contribution in [3.05, 3.63) is 29.8 Å². The van der Waals surface area contributed by atoms with Crippen LogP contribution in [0.25, 0.3) is 0 Å². The smallest absolute Gasteiger partial charge is 0.342 e. The van der Waals surface area contributed by atoms with Crippen molar-refractivity contribution in [1.29, 1.82) is 0 Å². The molecule has 2 aliphatic rings. The van der Waals surface area contributed by atoms with E-state index in [1.807, 2.05) is 0 Å². The van der Waals surface area contributed by atoms with Crippen LogP contribution in [0, 0.1) is 5.92 Å². The number of carbonyl (C=O) groups excluding carboxylic acids is 2. The third-order valence-electron chi connectivity index (χ3n) is 5.06. The van der Waals surface area contributed by atoms with E-state index in [1.54, 1.807) is 0 Å². The average Bonchev–Trinajstić information content (AvgIpc) is 2.73. The van der Waals surface area contributed by atoms with Gasteiger partial charge in [-0.3, -0.25) is 9.59 Å². The number of rotatable bonds is 3. The number of nitrogens with zero attached hydrogens (tertiary/aromatic N) is 1. The SMILES string of the molecule is CC(=O)NC1(C2CCC2)CCN(c2ccc(C(F)(F)F)cc2)C1=O. The van der Waals surface area contributed by atoms with E-state index in [9.17, 15) is 22.8 Å². The first-order chi connectivity index (χ1) is 11.2. The van der Waals surface area contributed by atoms with E-state index in [0.717, 1.165) is 31.4 Å². The molecule has 130 valence electrons. The first-order valence-electron chi connectivity index (χ1n) is 8.02. The normalized spacial score (nSPS) is 24.8. The van der Waals surface area contributed by atoms with Gasteiger partial charge in [0.05, 0.1) is 5.56 Å². The second kappa shape index (κ2) is 5.79. The molecular weight excluding hydrogens is 321 g/mol. The van der Waals surface area contributed by atoms with Gasteiger partial charge in [0.1, 0.15) is 5.54 Å². The van der Waals surface area contributed by atoms with Crippen LogP contribution in [-0.2, 0) is 15.8 Å². The maximum atomic E-state index is 13.0. The fraction of sp³-hybridized carbons (Fsp3) is 0.529. The summed E-state index contributed by atoms with van der Waals surface area (Å²) < 4.78 is 38.0. The third-order valence-corrected chi connectivity index (χ3v) is 5.06. The Morgan fingerprint density at radius 1 is 1.25 bits per heavy atom. The molecule has 2 amide bonds. The van der Waals surface area contributed by atoms with E-state index < -0.39 is 17.3 Å². The zero-order chi connectivity index (χ0) is 17.5. The molecule has 1 aromatic rings. The zero-order valence-corrected chi connectivity index (χ0v) is 13.3. The van der Waals surface area contributed by atoms with E-state index in [2.05, 4.69) is 5.32 Å². The molecule has 1 saturated heterocycles. The average molecular weight is 340 g/mol. The predicted octanol–water partition coefficient (Wildman–Crippen LogP) is 3.12. The highest BCUT2D eigenvalue weighted by molar-refractivity contribution is 6.04. The number of benzene rings is 1. The van der Waals surface area contributed by atoms with Crippen LogP contribution in [0.1, 0.15) is 38.2 Å². The van der Waals surface area contributed by atoms with Gasteiger partial charge in [-0.25, -0.2) is 0 Å². The molecule has 1 aliphatic heterocycles. The minimum atomic E-state index is -4.40. The second-order valence-electron chi connectivity index (χ2n) is 6.53. The van der Waals surface area contributed by atoms with Gasteiger partial charge in [-0.05, 0) is 49.4 Å². The molecule has 1 unspecified atom stereocenters. The van der Waals surface area contributed by atoms with Gasteiger partial charge in [0.15, 0.2) is 0 Å². The largest absolute Gasteiger partial charge is 0.416 e. The molecule has 0 aromatic heterocycles. The lowest BCUT2D eigenvalue weighted by molar-refractivity contribution is -0.137. The Hall–Kier alpha value is -2.05. The second-order valence-corrected chi connectivity index (χ2v) is 6.53. The van der Waals surface area contributed by atoms with Crippen LogP contribution in [-0.4, -0.2) is 23.9 Å². The molecule has 1 aliphatic carbocycles. The van der Waals surface area contributed by atoms with Crippen molar-refractivity contribution in [3.8, 4) is 0 Å². The molecular formula is C17H19F3N2O2. The summed E-state index contributed by atoms with van der Waals surface area (Å²) in [5, 5.41) is 2.83. The Morgan fingerprint density at radius 3 is 2.33 bits per heavy atom. The maximum Gasteiger partial charge on any atom is 0.416 e. The van der Waals surface area contributed by atoms with Crippen molar-refractivity contribution in [2.45, 2.75) is 44.3 Å². The summed E-state index contributed by atoms with van der Waals surface area (Å²) in [7, 11) is 0. The van der Waals surface area contributed by atoms with Crippen LogP contribution in [0.3, 0.4) is 0 Å². The third kappa shape index (κ3) is 2.76. The molecule has 7 heteroatoms. The van der Waals surface area contributed by atoms with Crippen molar-refractivity contribution in [1.82, 2.24) is 5.32 Å². The predicted molar refractivity (Wildman–Crippen MR) is 82.3 cm³/mol. The summed E-state index contributed by atoms with van der Waals surface area (Å²) in [4.78, 5) is 26.0. The fourth-order valence-corrected chi connectivity index (χ4v) is 3.63. The van der Waals surface area contributed by atoms with Crippen LogP contribution in [0.5, 0.6) is 0 Å². The molecule has 0 bridgehead atoms. The van der Waals surface area contributed by atoms with Gasteiger partial charge in [0, 0.05) is 19.2 Å². The van der Waals surface area contributed by atoms with E-state index in [1.165, 1.54) is 24.0 Å². The highest BCUT2D eigenvalue weighted by Gasteiger charge is 2.54. The van der Waals surface area contributed by atoms with Gasteiger partial charge in [-0.1, -0.05) is 6.42 Å². The van der Waals surface area contributed by atoms with Crippen molar-refractivity contribution in [3.63, 3.8) is 0 Å². The van der Waals surface area contributed by atoms with Crippen LogP contribution < -0.4 is 10.2 Å². The molecule has 1 heterocycles. The highest BCUT2D eigenvalue weighted by Crippen LogP contribution is 2.43. The highest BCUT2D eigenvalue weighted by atomic mass is 19.4. The van der Waals surface area contributed by atoms with Gasteiger partial charge >= 0.3 is 6.18 Å². The number of hydrogen-bond donors (Lipinski definition) is 1. The minimum Gasteiger partial charge on any atom is -0.342 e. The van der Waals surface area contributed by atoms with Gasteiger partial charge in [-0.15, -0.1) is 0 Å².